The van der Waals surface area contributed by atoms with E-state index < -0.39 is 18.0 Å². The highest BCUT2D eigenvalue weighted by molar-refractivity contribution is 5.73. The number of aliphatic hydroxyl groups excluding tert-OH is 1. The summed E-state index contributed by atoms with van der Waals surface area (Å²) in [5.74, 6) is 0.125. The third-order valence-electron chi connectivity index (χ3n) is 7.63. The molecule has 7 nitrogen and oxygen atoms in total. The third-order valence-corrected chi connectivity index (χ3v) is 7.63. The van der Waals surface area contributed by atoms with E-state index >= 15 is 0 Å². The molecule has 1 aliphatic carbocycles. The van der Waals surface area contributed by atoms with Gasteiger partial charge in [-0.2, -0.15) is 0 Å². The monoisotopic (exact) mass is 558 g/mol. The van der Waals surface area contributed by atoms with Gasteiger partial charge in [-0.3, -0.25) is 4.79 Å². The van der Waals surface area contributed by atoms with E-state index in [1.807, 2.05) is 0 Å². The van der Waals surface area contributed by atoms with Gasteiger partial charge < -0.3 is 30.0 Å². The summed E-state index contributed by atoms with van der Waals surface area (Å²) >= 11 is 0. The highest BCUT2D eigenvalue weighted by Gasteiger charge is 2.35. The summed E-state index contributed by atoms with van der Waals surface area (Å²) in [6, 6.07) is 12.6. The Hall–Kier alpha value is -2.52. The molecule has 222 valence electrons. The second-order valence-corrected chi connectivity index (χ2v) is 11.1. The van der Waals surface area contributed by atoms with Crippen LogP contribution in [0.4, 0.5) is 4.39 Å². The number of ether oxygens (including phenoxy) is 3. The molecule has 1 fully saturated rings. The predicted octanol–water partition coefficient (Wildman–Crippen LogP) is 4.85. The van der Waals surface area contributed by atoms with Crippen molar-refractivity contribution in [2.75, 3.05) is 40.1 Å². The Balaban J connectivity index is 1.69. The summed E-state index contributed by atoms with van der Waals surface area (Å²) in [4.78, 5) is 12.1. The average molecular weight is 559 g/mol. The minimum absolute atomic E-state index is 0.226. The largest absolute Gasteiger partial charge is 0.491 e. The molecule has 0 radical (unpaired) electrons. The number of nitrogens with one attached hydrogen (secondary N) is 2. The lowest BCUT2D eigenvalue weighted by Gasteiger charge is -2.40. The summed E-state index contributed by atoms with van der Waals surface area (Å²) in [5.41, 5.74) is 2.95. The van der Waals surface area contributed by atoms with Crippen LogP contribution < -0.4 is 15.4 Å². The van der Waals surface area contributed by atoms with Crippen molar-refractivity contribution in [3.05, 3.63) is 65.0 Å². The predicted molar refractivity (Wildman–Crippen MR) is 155 cm³/mol. The number of aliphatic hydroxyl groups is 1. The van der Waals surface area contributed by atoms with Gasteiger partial charge in [0.2, 0.25) is 5.91 Å². The van der Waals surface area contributed by atoms with Gasteiger partial charge in [-0.1, -0.05) is 57.4 Å². The number of methoxy groups -OCH3 is 1. The fraction of sp³-hybridized carbons (Fsp3) is 0.594. The Bertz CT molecular complexity index is 1060. The zero-order chi connectivity index (χ0) is 29.0. The minimum atomic E-state index is -0.877. The summed E-state index contributed by atoms with van der Waals surface area (Å²) in [7, 11) is 1.61. The van der Waals surface area contributed by atoms with Crippen molar-refractivity contribution in [2.45, 2.75) is 82.9 Å². The zero-order valence-electron chi connectivity index (χ0n) is 24.5. The first-order valence-electron chi connectivity index (χ1n) is 14.5. The molecule has 0 aliphatic heterocycles. The highest BCUT2D eigenvalue weighted by Crippen LogP contribution is 2.38. The zero-order valence-corrected chi connectivity index (χ0v) is 24.5. The number of amides is 1. The van der Waals surface area contributed by atoms with Crippen LogP contribution in [0.3, 0.4) is 0 Å². The van der Waals surface area contributed by atoms with Gasteiger partial charge in [-0.25, -0.2) is 4.39 Å². The van der Waals surface area contributed by atoms with E-state index in [2.05, 4.69) is 48.7 Å². The molecule has 0 heterocycles. The number of hydrogen-bond donors (Lipinski definition) is 3. The Morgan fingerprint density at radius 3 is 2.50 bits per heavy atom. The molecule has 2 aromatic carbocycles. The summed E-state index contributed by atoms with van der Waals surface area (Å²) in [6.45, 7) is 7.71. The van der Waals surface area contributed by atoms with Crippen LogP contribution in [0.25, 0.3) is 0 Å². The topological polar surface area (TPSA) is 89.0 Å². The molecule has 1 amide bonds. The van der Waals surface area contributed by atoms with Crippen LogP contribution in [0.5, 0.6) is 5.75 Å². The van der Waals surface area contributed by atoms with E-state index in [1.165, 1.54) is 36.6 Å². The quantitative estimate of drug-likeness (QED) is 0.255. The van der Waals surface area contributed by atoms with Crippen molar-refractivity contribution in [3.8, 4) is 5.75 Å². The molecule has 2 atom stereocenters. The van der Waals surface area contributed by atoms with Crippen molar-refractivity contribution < 1.29 is 28.5 Å². The number of carbonyl (C=O) groups excluding carboxylic acids is 1. The van der Waals surface area contributed by atoms with E-state index in [0.29, 0.717) is 43.6 Å². The molecule has 40 heavy (non-hydrogen) atoms. The molecule has 1 unspecified atom stereocenters. The fourth-order valence-electron chi connectivity index (χ4n) is 5.44. The van der Waals surface area contributed by atoms with Crippen molar-refractivity contribution in [1.29, 1.82) is 0 Å². The first-order valence-corrected chi connectivity index (χ1v) is 14.5. The number of halogens is 1. The van der Waals surface area contributed by atoms with Crippen molar-refractivity contribution in [1.82, 2.24) is 10.6 Å². The number of carbonyl (C=O) groups is 1. The number of benzene rings is 2. The van der Waals surface area contributed by atoms with Gasteiger partial charge in [0, 0.05) is 32.2 Å². The van der Waals surface area contributed by atoms with E-state index in [9.17, 15) is 14.3 Å². The van der Waals surface area contributed by atoms with Gasteiger partial charge in [0.15, 0.2) is 0 Å². The maximum atomic E-state index is 14.4. The third kappa shape index (κ3) is 9.84. The van der Waals surface area contributed by atoms with Crippen LogP contribution in [0, 0.1) is 5.82 Å². The molecular formula is C32H47FN2O5. The lowest BCUT2D eigenvalue weighted by molar-refractivity contribution is -0.120. The molecule has 0 spiro atoms. The molecule has 1 aliphatic rings. The molecule has 3 rings (SSSR count). The van der Waals surface area contributed by atoms with E-state index in [-0.39, 0.29) is 24.5 Å². The summed E-state index contributed by atoms with van der Waals surface area (Å²) in [6.07, 6.45) is 4.81. The molecular weight excluding hydrogens is 511 g/mol. The van der Waals surface area contributed by atoms with Crippen molar-refractivity contribution in [2.24, 2.45) is 0 Å². The van der Waals surface area contributed by atoms with E-state index in [4.69, 9.17) is 14.2 Å². The van der Waals surface area contributed by atoms with Crippen molar-refractivity contribution >= 4 is 5.91 Å². The first kappa shape index (κ1) is 32.0. The minimum Gasteiger partial charge on any atom is -0.491 e. The van der Waals surface area contributed by atoms with Gasteiger partial charge >= 0.3 is 0 Å². The normalized spacial score (nSPS) is 16.5. The summed E-state index contributed by atoms with van der Waals surface area (Å²) < 4.78 is 30.5. The van der Waals surface area contributed by atoms with Gasteiger partial charge in [-0.05, 0) is 54.0 Å². The summed E-state index contributed by atoms with van der Waals surface area (Å²) in [5, 5.41) is 17.9. The van der Waals surface area contributed by atoms with Crippen LogP contribution in [0.1, 0.15) is 75.5 Å². The molecule has 0 aromatic heterocycles. The van der Waals surface area contributed by atoms with Crippen LogP contribution >= 0.6 is 0 Å². The maximum absolute atomic E-state index is 14.4. The van der Waals surface area contributed by atoms with Crippen LogP contribution in [0.2, 0.25) is 0 Å². The molecule has 1 saturated carbocycles. The Labute approximate surface area is 238 Å². The Morgan fingerprint density at radius 1 is 1.05 bits per heavy atom. The van der Waals surface area contributed by atoms with E-state index in [0.717, 1.165) is 25.7 Å². The maximum Gasteiger partial charge on any atom is 0.217 e. The highest BCUT2D eigenvalue weighted by atomic mass is 19.1. The fourth-order valence-corrected chi connectivity index (χ4v) is 5.44. The van der Waals surface area contributed by atoms with Crippen molar-refractivity contribution in [3.63, 3.8) is 0 Å². The average Bonchev–Trinajstić information content (AvgIpc) is 2.93. The standard InChI is InChI=1S/C32H47FN2O5/c1-23(2)26-9-8-10-27(20-26)32(11-6-5-7-12-32)34-22-31(37)30(35-24(3)36)19-25-17-28(33)21-29(18-25)40-16-15-39-14-13-38-4/h8-10,17-18,20-21,23,30-31,34,37H,5-7,11-16,19,22H2,1-4H3,(H,35,36)/t30?,31-/m1/s1. The SMILES string of the molecule is COCCOCCOc1cc(F)cc(CC(NC(C)=O)[C@H](O)CNC2(c3cccc(C(C)C)c3)CCCCC2)c1. The van der Waals surface area contributed by atoms with Gasteiger partial charge in [-0.15, -0.1) is 0 Å². The molecule has 0 bridgehead atoms. The molecule has 2 aromatic rings. The number of hydrogen-bond acceptors (Lipinski definition) is 6. The smallest absolute Gasteiger partial charge is 0.217 e. The molecule has 0 saturated heterocycles. The van der Waals surface area contributed by atoms with Gasteiger partial charge in [0.05, 0.1) is 32.0 Å². The molecule has 8 heteroatoms. The Kier molecular flexibility index (Phi) is 12.8. The van der Waals surface area contributed by atoms with E-state index in [1.54, 1.807) is 13.2 Å². The van der Waals surface area contributed by atoms with Gasteiger partial charge in [0.1, 0.15) is 18.2 Å². The number of rotatable bonds is 16. The van der Waals surface area contributed by atoms with Crippen LogP contribution in [0.15, 0.2) is 42.5 Å². The van der Waals surface area contributed by atoms with Crippen LogP contribution in [-0.2, 0) is 26.2 Å². The van der Waals surface area contributed by atoms with Crippen LogP contribution in [-0.4, -0.2) is 63.2 Å². The Morgan fingerprint density at radius 2 is 1.80 bits per heavy atom. The lowest BCUT2D eigenvalue weighted by atomic mass is 9.75. The van der Waals surface area contributed by atoms with Gasteiger partial charge in [0.25, 0.3) is 0 Å². The second-order valence-electron chi connectivity index (χ2n) is 11.1. The molecule has 3 N–H and O–H groups in total. The second kappa shape index (κ2) is 16.1. The first-order chi connectivity index (χ1) is 19.2. The lowest BCUT2D eigenvalue weighted by Crippen LogP contribution is -2.53.